The number of nitrogens with one attached hydrogen (secondary N) is 1. The third-order valence-corrected chi connectivity index (χ3v) is 3.04. The molecule has 1 rings (SSSR count). The number of anilines is 1. The van der Waals surface area contributed by atoms with Gasteiger partial charge in [-0.1, -0.05) is 13.8 Å². The summed E-state index contributed by atoms with van der Waals surface area (Å²) < 4.78 is 5.28. The van der Waals surface area contributed by atoms with Gasteiger partial charge in [-0.05, 0) is 26.7 Å². The Morgan fingerprint density at radius 2 is 2.00 bits per heavy atom. The van der Waals surface area contributed by atoms with Crippen molar-refractivity contribution in [2.45, 2.75) is 53.1 Å². The molecule has 0 bridgehead atoms. The van der Waals surface area contributed by atoms with Gasteiger partial charge in [0.1, 0.15) is 11.6 Å². The summed E-state index contributed by atoms with van der Waals surface area (Å²) in [7, 11) is 1.72. The van der Waals surface area contributed by atoms with Gasteiger partial charge in [0.15, 0.2) is 0 Å². The number of hydrogen-bond donors (Lipinski definition) is 1. The number of nitrogens with zero attached hydrogens (tertiary/aromatic N) is 2. The molecule has 1 unspecified atom stereocenters. The van der Waals surface area contributed by atoms with E-state index in [1.54, 1.807) is 7.11 Å². The van der Waals surface area contributed by atoms with Gasteiger partial charge in [-0.25, -0.2) is 9.97 Å². The van der Waals surface area contributed by atoms with Crippen LogP contribution in [0.1, 0.15) is 44.3 Å². The number of aryl methyl sites for hydroxylation is 1. The van der Waals surface area contributed by atoms with E-state index in [9.17, 15) is 0 Å². The van der Waals surface area contributed by atoms with Crippen molar-refractivity contribution in [3.63, 3.8) is 0 Å². The lowest BCUT2D eigenvalue weighted by Gasteiger charge is -2.14. The summed E-state index contributed by atoms with van der Waals surface area (Å²) >= 11 is 0. The van der Waals surface area contributed by atoms with Crippen LogP contribution in [0.5, 0.6) is 0 Å². The van der Waals surface area contributed by atoms with Crippen molar-refractivity contribution in [2.75, 3.05) is 19.0 Å². The second-order valence-corrected chi connectivity index (χ2v) is 4.59. The average molecular weight is 251 g/mol. The number of hydrogen-bond acceptors (Lipinski definition) is 4. The first kappa shape index (κ1) is 14.9. The van der Waals surface area contributed by atoms with Crippen LogP contribution < -0.4 is 5.32 Å². The maximum absolute atomic E-state index is 5.28. The Morgan fingerprint density at radius 1 is 1.28 bits per heavy atom. The van der Waals surface area contributed by atoms with Gasteiger partial charge in [0.25, 0.3) is 0 Å². The minimum atomic E-state index is 0.149. The molecular formula is C14H25N3O. The van der Waals surface area contributed by atoms with Crippen LogP contribution >= 0.6 is 0 Å². The van der Waals surface area contributed by atoms with Crippen LogP contribution in [0.15, 0.2) is 0 Å². The molecule has 1 heterocycles. The van der Waals surface area contributed by atoms with Gasteiger partial charge < -0.3 is 10.1 Å². The third-order valence-electron chi connectivity index (χ3n) is 3.04. The van der Waals surface area contributed by atoms with Crippen molar-refractivity contribution in [1.82, 2.24) is 9.97 Å². The van der Waals surface area contributed by atoms with Gasteiger partial charge in [-0.3, -0.25) is 0 Å². The van der Waals surface area contributed by atoms with Crippen molar-refractivity contribution in [2.24, 2.45) is 0 Å². The second kappa shape index (κ2) is 7.31. The Morgan fingerprint density at radius 3 is 2.56 bits per heavy atom. The lowest BCUT2D eigenvalue weighted by Crippen LogP contribution is -2.15. The maximum atomic E-state index is 5.28. The molecule has 0 fully saturated rings. The fraction of sp³-hybridized carbons (Fsp3) is 0.714. The van der Waals surface area contributed by atoms with Crippen molar-refractivity contribution in [1.29, 1.82) is 0 Å². The van der Waals surface area contributed by atoms with E-state index in [2.05, 4.69) is 36.1 Å². The molecule has 1 aromatic rings. The number of aromatic nitrogens is 2. The van der Waals surface area contributed by atoms with Crippen LogP contribution in [-0.4, -0.2) is 29.7 Å². The van der Waals surface area contributed by atoms with Crippen LogP contribution in [0.4, 0.5) is 5.82 Å². The zero-order valence-corrected chi connectivity index (χ0v) is 12.2. The lowest BCUT2D eigenvalue weighted by atomic mass is 10.1. The fourth-order valence-corrected chi connectivity index (χ4v) is 1.81. The molecule has 0 spiro atoms. The van der Waals surface area contributed by atoms with Crippen molar-refractivity contribution in [3.05, 3.63) is 17.1 Å². The van der Waals surface area contributed by atoms with Crippen LogP contribution in [0.3, 0.4) is 0 Å². The molecule has 4 nitrogen and oxygen atoms in total. The van der Waals surface area contributed by atoms with Crippen molar-refractivity contribution >= 4 is 5.82 Å². The molecule has 0 aliphatic heterocycles. The fourth-order valence-electron chi connectivity index (χ4n) is 1.81. The highest BCUT2D eigenvalue weighted by Crippen LogP contribution is 2.17. The molecule has 0 saturated heterocycles. The largest absolute Gasteiger partial charge is 0.381 e. The van der Waals surface area contributed by atoms with E-state index in [1.165, 1.54) is 5.56 Å². The summed E-state index contributed by atoms with van der Waals surface area (Å²) in [5.41, 5.74) is 2.29. The van der Waals surface area contributed by atoms with Gasteiger partial charge in [0.2, 0.25) is 0 Å². The normalized spacial score (nSPS) is 12.5. The number of ether oxygens (including phenoxy) is 1. The predicted molar refractivity (Wildman–Crippen MR) is 75.1 cm³/mol. The van der Waals surface area contributed by atoms with Gasteiger partial charge in [-0.15, -0.1) is 0 Å². The van der Waals surface area contributed by atoms with E-state index >= 15 is 0 Å². The van der Waals surface area contributed by atoms with E-state index in [-0.39, 0.29) is 6.10 Å². The lowest BCUT2D eigenvalue weighted by molar-refractivity contribution is 0.117. The smallest absolute Gasteiger partial charge is 0.133 e. The highest BCUT2D eigenvalue weighted by atomic mass is 16.5. The van der Waals surface area contributed by atoms with E-state index in [4.69, 9.17) is 4.74 Å². The molecule has 1 atom stereocenters. The Bertz CT molecular complexity index is 380. The maximum Gasteiger partial charge on any atom is 0.133 e. The topological polar surface area (TPSA) is 47.0 Å². The first-order chi connectivity index (χ1) is 8.62. The zero-order chi connectivity index (χ0) is 13.5. The second-order valence-electron chi connectivity index (χ2n) is 4.59. The van der Waals surface area contributed by atoms with E-state index in [1.807, 2.05) is 6.92 Å². The van der Waals surface area contributed by atoms with Gasteiger partial charge in [0.05, 0.1) is 6.10 Å². The molecule has 18 heavy (non-hydrogen) atoms. The van der Waals surface area contributed by atoms with E-state index in [0.29, 0.717) is 0 Å². The summed E-state index contributed by atoms with van der Waals surface area (Å²) in [4.78, 5) is 9.22. The van der Waals surface area contributed by atoms with Crippen molar-refractivity contribution < 1.29 is 4.74 Å². The summed E-state index contributed by atoms with van der Waals surface area (Å²) in [6, 6.07) is 0. The first-order valence-corrected chi connectivity index (χ1v) is 6.75. The standard InChI is InChI=1S/C14H25N3O/c1-6-8-15-14-11(4)12(7-2)16-13(17-14)9-10(3)18-5/h10H,6-9H2,1-5H3,(H,15,16,17). The zero-order valence-electron chi connectivity index (χ0n) is 12.2. The summed E-state index contributed by atoms with van der Waals surface area (Å²) in [5.74, 6) is 1.84. The average Bonchev–Trinajstić information content (AvgIpc) is 2.38. The summed E-state index contributed by atoms with van der Waals surface area (Å²) in [5, 5.41) is 3.38. The molecule has 1 N–H and O–H groups in total. The highest BCUT2D eigenvalue weighted by molar-refractivity contribution is 5.45. The molecular weight excluding hydrogens is 226 g/mol. The molecule has 4 heteroatoms. The first-order valence-electron chi connectivity index (χ1n) is 6.75. The number of rotatable bonds is 7. The highest BCUT2D eigenvalue weighted by Gasteiger charge is 2.11. The van der Waals surface area contributed by atoms with Gasteiger partial charge in [0, 0.05) is 31.3 Å². The number of methoxy groups -OCH3 is 1. The molecule has 0 radical (unpaired) electrons. The molecule has 0 saturated carbocycles. The quantitative estimate of drug-likeness (QED) is 0.809. The van der Waals surface area contributed by atoms with Crippen LogP contribution in [0.25, 0.3) is 0 Å². The molecule has 0 amide bonds. The van der Waals surface area contributed by atoms with Crippen LogP contribution in [0, 0.1) is 6.92 Å². The Kier molecular flexibility index (Phi) is 6.05. The minimum Gasteiger partial charge on any atom is -0.381 e. The summed E-state index contributed by atoms with van der Waals surface area (Å²) in [6.07, 6.45) is 2.93. The molecule has 102 valence electrons. The van der Waals surface area contributed by atoms with Crippen LogP contribution in [0.2, 0.25) is 0 Å². The van der Waals surface area contributed by atoms with E-state index < -0.39 is 0 Å². The Labute approximate surface area is 110 Å². The predicted octanol–water partition coefficient (Wildman–Crippen LogP) is 2.75. The SMILES string of the molecule is CCCNc1nc(CC(C)OC)nc(CC)c1C. The Hall–Kier alpha value is -1.16. The monoisotopic (exact) mass is 251 g/mol. The summed E-state index contributed by atoms with van der Waals surface area (Å²) in [6.45, 7) is 9.34. The molecule has 1 aromatic heterocycles. The van der Waals surface area contributed by atoms with E-state index in [0.717, 1.165) is 43.1 Å². The van der Waals surface area contributed by atoms with Gasteiger partial charge >= 0.3 is 0 Å². The molecule has 0 aliphatic rings. The molecule has 0 aromatic carbocycles. The van der Waals surface area contributed by atoms with Crippen LogP contribution in [-0.2, 0) is 17.6 Å². The third kappa shape index (κ3) is 3.95. The minimum absolute atomic E-state index is 0.149. The Balaban J connectivity index is 2.97. The molecule has 0 aliphatic carbocycles. The van der Waals surface area contributed by atoms with Gasteiger partial charge in [-0.2, -0.15) is 0 Å². The van der Waals surface area contributed by atoms with Crippen molar-refractivity contribution in [3.8, 4) is 0 Å².